The fourth-order valence-corrected chi connectivity index (χ4v) is 4.22. The number of ether oxygens (including phenoxy) is 1. The van der Waals surface area contributed by atoms with E-state index in [2.05, 4.69) is 15.3 Å². The standard InChI is InChI=1S/C19H19N3O4S/c1-10(27-19-21-13-5-3-2-4-12(13)18(25)22-19)17(24)11-6-7-15-14(8-11)20-16(23)9-26-15/h6-8,10H,2-5,9H2,1H3,(H,20,23)(H,21,22,25). The smallest absolute Gasteiger partial charge is 0.262 e. The molecule has 1 amide bonds. The van der Waals surface area contributed by atoms with Gasteiger partial charge in [-0.15, -0.1) is 0 Å². The Hall–Kier alpha value is -2.61. The molecule has 1 aromatic carbocycles. The van der Waals surface area contributed by atoms with Crippen molar-refractivity contribution in [3.8, 4) is 5.75 Å². The highest BCUT2D eigenvalue weighted by molar-refractivity contribution is 8.00. The molecule has 140 valence electrons. The number of hydrogen-bond acceptors (Lipinski definition) is 6. The Labute approximate surface area is 159 Å². The van der Waals surface area contributed by atoms with Crippen molar-refractivity contribution in [1.29, 1.82) is 0 Å². The van der Waals surface area contributed by atoms with Crippen molar-refractivity contribution < 1.29 is 14.3 Å². The molecule has 0 bridgehead atoms. The average Bonchev–Trinajstić information content (AvgIpc) is 2.66. The van der Waals surface area contributed by atoms with Crippen molar-refractivity contribution in [2.24, 2.45) is 0 Å². The predicted molar refractivity (Wildman–Crippen MR) is 102 cm³/mol. The number of benzene rings is 1. The Balaban J connectivity index is 1.53. The zero-order chi connectivity index (χ0) is 19.0. The Morgan fingerprint density at radius 1 is 1.26 bits per heavy atom. The second-order valence-corrected chi connectivity index (χ2v) is 8.01. The number of aromatic nitrogens is 2. The second-order valence-electron chi connectivity index (χ2n) is 6.68. The van der Waals surface area contributed by atoms with Gasteiger partial charge in [-0.3, -0.25) is 14.4 Å². The molecule has 0 radical (unpaired) electrons. The third kappa shape index (κ3) is 3.62. The van der Waals surface area contributed by atoms with E-state index in [1.165, 1.54) is 11.8 Å². The fraction of sp³-hybridized carbons (Fsp3) is 0.368. The van der Waals surface area contributed by atoms with Crippen LogP contribution in [0.1, 0.15) is 41.4 Å². The first-order valence-electron chi connectivity index (χ1n) is 8.91. The minimum Gasteiger partial charge on any atom is -0.482 e. The summed E-state index contributed by atoms with van der Waals surface area (Å²) in [6.45, 7) is 1.75. The number of Topliss-reactive ketones (excluding diaryl/α,β-unsaturated/α-hetero) is 1. The molecular weight excluding hydrogens is 366 g/mol. The number of thioether (sulfide) groups is 1. The third-order valence-electron chi connectivity index (χ3n) is 4.72. The first-order chi connectivity index (χ1) is 13.0. The van der Waals surface area contributed by atoms with Gasteiger partial charge in [0.05, 0.1) is 16.6 Å². The van der Waals surface area contributed by atoms with Gasteiger partial charge in [-0.05, 0) is 50.8 Å². The maximum Gasteiger partial charge on any atom is 0.262 e. The van der Waals surface area contributed by atoms with Gasteiger partial charge in [-0.1, -0.05) is 11.8 Å². The highest BCUT2D eigenvalue weighted by Gasteiger charge is 2.23. The van der Waals surface area contributed by atoms with Crippen LogP contribution in [0.25, 0.3) is 0 Å². The number of aryl methyl sites for hydroxylation is 1. The second kappa shape index (κ2) is 7.19. The maximum atomic E-state index is 12.8. The quantitative estimate of drug-likeness (QED) is 0.476. The molecule has 1 aliphatic heterocycles. The molecule has 4 rings (SSSR count). The van der Waals surface area contributed by atoms with E-state index in [9.17, 15) is 14.4 Å². The van der Waals surface area contributed by atoms with Gasteiger partial charge in [0.2, 0.25) is 0 Å². The number of carbonyl (C=O) groups excluding carboxylic acids is 2. The molecule has 1 aliphatic carbocycles. The minimum absolute atomic E-state index is 0.0239. The Morgan fingerprint density at radius 3 is 2.93 bits per heavy atom. The van der Waals surface area contributed by atoms with Crippen LogP contribution in [0.3, 0.4) is 0 Å². The molecule has 1 aromatic heterocycles. The van der Waals surface area contributed by atoms with Gasteiger partial charge in [0, 0.05) is 11.1 Å². The number of nitrogens with one attached hydrogen (secondary N) is 2. The number of fused-ring (bicyclic) bond motifs is 2. The molecule has 2 aliphatic rings. The molecule has 2 N–H and O–H groups in total. The van der Waals surface area contributed by atoms with Crippen LogP contribution in [0.2, 0.25) is 0 Å². The van der Waals surface area contributed by atoms with Crippen LogP contribution in [0.5, 0.6) is 5.75 Å². The van der Waals surface area contributed by atoms with Crippen molar-refractivity contribution in [2.75, 3.05) is 11.9 Å². The number of nitrogens with zero attached hydrogens (tertiary/aromatic N) is 1. The molecule has 0 fully saturated rings. The topological polar surface area (TPSA) is 101 Å². The van der Waals surface area contributed by atoms with Crippen LogP contribution in [-0.2, 0) is 17.6 Å². The molecule has 2 heterocycles. The summed E-state index contributed by atoms with van der Waals surface area (Å²) in [4.78, 5) is 43.9. The Kier molecular flexibility index (Phi) is 4.73. The first-order valence-corrected chi connectivity index (χ1v) is 9.79. The van der Waals surface area contributed by atoms with E-state index < -0.39 is 5.25 Å². The lowest BCUT2D eigenvalue weighted by Gasteiger charge is -2.19. The molecule has 1 unspecified atom stereocenters. The molecule has 8 heteroatoms. The van der Waals surface area contributed by atoms with Crippen LogP contribution >= 0.6 is 11.8 Å². The highest BCUT2D eigenvalue weighted by Crippen LogP contribution is 2.31. The summed E-state index contributed by atoms with van der Waals surface area (Å²) in [7, 11) is 0. The summed E-state index contributed by atoms with van der Waals surface area (Å²) in [5.74, 6) is 0.195. The maximum absolute atomic E-state index is 12.8. The first kappa shape index (κ1) is 17.8. The number of hydrogen-bond donors (Lipinski definition) is 2. The number of H-pyrrole nitrogens is 1. The molecule has 7 nitrogen and oxygen atoms in total. The number of ketones is 1. The fourth-order valence-electron chi connectivity index (χ4n) is 3.33. The van der Waals surface area contributed by atoms with Crippen LogP contribution < -0.4 is 15.6 Å². The van der Waals surface area contributed by atoms with E-state index in [4.69, 9.17) is 4.74 Å². The molecule has 2 aromatic rings. The zero-order valence-corrected chi connectivity index (χ0v) is 15.6. The molecule has 1 atom stereocenters. The molecule has 0 saturated heterocycles. The minimum atomic E-state index is -0.437. The monoisotopic (exact) mass is 385 g/mol. The average molecular weight is 385 g/mol. The van der Waals surface area contributed by atoms with Crippen LogP contribution in [0.4, 0.5) is 5.69 Å². The van der Waals surface area contributed by atoms with E-state index in [1.54, 1.807) is 25.1 Å². The number of rotatable bonds is 4. The Bertz CT molecular complexity index is 985. The van der Waals surface area contributed by atoms with E-state index in [0.717, 1.165) is 36.9 Å². The van der Waals surface area contributed by atoms with Gasteiger partial charge < -0.3 is 15.0 Å². The lowest BCUT2D eigenvalue weighted by Crippen LogP contribution is -2.26. The summed E-state index contributed by atoms with van der Waals surface area (Å²) >= 11 is 1.24. The van der Waals surface area contributed by atoms with Crippen molar-refractivity contribution in [1.82, 2.24) is 9.97 Å². The third-order valence-corrected chi connectivity index (χ3v) is 5.71. The van der Waals surface area contributed by atoms with E-state index >= 15 is 0 Å². The van der Waals surface area contributed by atoms with Crippen molar-refractivity contribution >= 4 is 29.1 Å². The van der Waals surface area contributed by atoms with Crippen LogP contribution in [-0.4, -0.2) is 33.5 Å². The molecule has 0 spiro atoms. The zero-order valence-electron chi connectivity index (χ0n) is 14.8. The summed E-state index contributed by atoms with van der Waals surface area (Å²) < 4.78 is 5.31. The van der Waals surface area contributed by atoms with Crippen molar-refractivity contribution in [2.45, 2.75) is 43.0 Å². The van der Waals surface area contributed by atoms with E-state index in [0.29, 0.717) is 22.2 Å². The summed E-state index contributed by atoms with van der Waals surface area (Å²) in [6.07, 6.45) is 3.61. The predicted octanol–water partition coefficient (Wildman–Crippen LogP) is 2.34. The number of carbonyl (C=O) groups is 2. The SMILES string of the molecule is CC(Sc1nc2c(c(=O)[nH]1)CCCC2)C(=O)c1ccc2c(c1)NC(=O)CO2. The lowest BCUT2D eigenvalue weighted by atomic mass is 9.97. The van der Waals surface area contributed by atoms with Gasteiger partial charge in [-0.25, -0.2) is 4.98 Å². The molecule has 27 heavy (non-hydrogen) atoms. The van der Waals surface area contributed by atoms with Gasteiger partial charge in [0.1, 0.15) is 5.75 Å². The van der Waals surface area contributed by atoms with Gasteiger partial charge in [0.15, 0.2) is 17.5 Å². The van der Waals surface area contributed by atoms with Crippen molar-refractivity contribution in [3.05, 3.63) is 45.4 Å². The number of anilines is 1. The number of aromatic amines is 1. The molecule has 0 saturated carbocycles. The largest absolute Gasteiger partial charge is 0.482 e. The lowest BCUT2D eigenvalue weighted by molar-refractivity contribution is -0.118. The Morgan fingerprint density at radius 2 is 2.07 bits per heavy atom. The highest BCUT2D eigenvalue weighted by atomic mass is 32.2. The summed E-state index contributed by atoms with van der Waals surface area (Å²) in [5, 5.41) is 2.73. The van der Waals surface area contributed by atoms with E-state index in [1.807, 2.05) is 0 Å². The van der Waals surface area contributed by atoms with Gasteiger partial charge in [-0.2, -0.15) is 0 Å². The van der Waals surface area contributed by atoms with Crippen LogP contribution in [0, 0.1) is 0 Å². The number of amides is 1. The summed E-state index contributed by atoms with van der Waals surface area (Å²) in [5.41, 5.74) is 2.49. The van der Waals surface area contributed by atoms with Gasteiger partial charge in [0.25, 0.3) is 11.5 Å². The normalized spacial score (nSPS) is 16.6. The van der Waals surface area contributed by atoms with Gasteiger partial charge >= 0.3 is 0 Å². The van der Waals surface area contributed by atoms with Crippen LogP contribution in [0.15, 0.2) is 28.2 Å². The van der Waals surface area contributed by atoms with Crippen molar-refractivity contribution in [3.63, 3.8) is 0 Å². The molecular formula is C19H19N3O4S. The summed E-state index contributed by atoms with van der Waals surface area (Å²) in [6, 6.07) is 4.98. The van der Waals surface area contributed by atoms with E-state index in [-0.39, 0.29) is 23.9 Å².